The fourth-order valence-electron chi connectivity index (χ4n) is 1.92. The van der Waals surface area contributed by atoms with Crippen molar-refractivity contribution in [3.63, 3.8) is 0 Å². The molecule has 1 aromatic rings. The quantitative estimate of drug-likeness (QED) is 0.705. The van der Waals surface area contributed by atoms with E-state index in [1.165, 1.54) is 0 Å². The number of aryl methyl sites for hydroxylation is 1. The van der Waals surface area contributed by atoms with Crippen molar-refractivity contribution in [2.24, 2.45) is 5.92 Å². The topological polar surface area (TPSA) is 34.9 Å². The smallest absolute Gasteiger partial charge is 0.136 e. The van der Waals surface area contributed by atoms with Crippen LogP contribution in [0.2, 0.25) is 0 Å². The summed E-state index contributed by atoms with van der Waals surface area (Å²) < 4.78 is 2.03. The van der Waals surface area contributed by atoms with Gasteiger partial charge in [0.1, 0.15) is 5.78 Å². The van der Waals surface area contributed by atoms with Crippen LogP contribution >= 0.6 is 0 Å². The van der Waals surface area contributed by atoms with E-state index in [9.17, 15) is 4.79 Å². The van der Waals surface area contributed by atoms with Crippen LogP contribution in [0, 0.1) is 5.92 Å². The summed E-state index contributed by atoms with van der Waals surface area (Å²) in [6.45, 7) is 0.927. The molecular formula is C10H14N2O. The van der Waals surface area contributed by atoms with Gasteiger partial charge in [-0.15, -0.1) is 0 Å². The van der Waals surface area contributed by atoms with Crippen LogP contribution in [-0.4, -0.2) is 15.3 Å². The summed E-state index contributed by atoms with van der Waals surface area (Å²) in [6.07, 6.45) is 9.49. The van der Waals surface area contributed by atoms with E-state index in [0.717, 1.165) is 32.2 Å². The molecule has 0 spiro atoms. The minimum absolute atomic E-state index is 0.322. The third kappa shape index (κ3) is 1.97. The highest BCUT2D eigenvalue weighted by molar-refractivity contribution is 5.82. The van der Waals surface area contributed by atoms with Crippen LogP contribution < -0.4 is 0 Å². The number of carbonyl (C=O) groups excluding carboxylic acids is 1. The highest BCUT2D eigenvalue weighted by Crippen LogP contribution is 2.24. The molecule has 1 fully saturated rings. The predicted molar refractivity (Wildman–Crippen MR) is 49.2 cm³/mol. The number of hydrogen-bond donors (Lipinski definition) is 0. The van der Waals surface area contributed by atoms with Gasteiger partial charge in [-0.1, -0.05) is 0 Å². The normalized spacial score (nSPS) is 22.5. The van der Waals surface area contributed by atoms with Crippen LogP contribution in [0.3, 0.4) is 0 Å². The van der Waals surface area contributed by atoms with E-state index in [-0.39, 0.29) is 0 Å². The van der Waals surface area contributed by atoms with E-state index in [1.807, 2.05) is 10.8 Å². The van der Waals surface area contributed by atoms with E-state index in [1.54, 1.807) is 12.5 Å². The number of nitrogens with zero attached hydrogens (tertiary/aromatic N) is 2. The molecule has 1 aliphatic carbocycles. The lowest BCUT2D eigenvalue weighted by atomic mass is 10.0. The van der Waals surface area contributed by atoms with Gasteiger partial charge in [0.15, 0.2) is 0 Å². The van der Waals surface area contributed by atoms with Gasteiger partial charge in [0, 0.05) is 31.3 Å². The Balaban J connectivity index is 1.82. The van der Waals surface area contributed by atoms with Gasteiger partial charge in [-0.05, 0) is 19.3 Å². The molecule has 2 rings (SSSR count). The number of carbonyl (C=O) groups is 1. The Labute approximate surface area is 77.8 Å². The Morgan fingerprint density at radius 1 is 1.62 bits per heavy atom. The van der Waals surface area contributed by atoms with Crippen LogP contribution in [0.1, 0.15) is 25.7 Å². The van der Waals surface area contributed by atoms with E-state index < -0.39 is 0 Å². The monoisotopic (exact) mass is 178 g/mol. The van der Waals surface area contributed by atoms with Crippen LogP contribution in [0.15, 0.2) is 18.7 Å². The van der Waals surface area contributed by atoms with Crippen molar-refractivity contribution in [3.8, 4) is 0 Å². The van der Waals surface area contributed by atoms with Crippen molar-refractivity contribution in [1.82, 2.24) is 9.55 Å². The fraction of sp³-hybridized carbons (Fsp3) is 0.600. The van der Waals surface area contributed by atoms with Crippen LogP contribution in [0.4, 0.5) is 0 Å². The molecule has 0 N–H and O–H groups in total. The Kier molecular flexibility index (Phi) is 2.43. The average molecular weight is 178 g/mol. The summed E-state index contributed by atoms with van der Waals surface area (Å²) in [6, 6.07) is 0. The summed E-state index contributed by atoms with van der Waals surface area (Å²) in [5, 5.41) is 0. The number of ketones is 1. The molecule has 0 radical (unpaired) electrons. The minimum atomic E-state index is 0.322. The number of imidazole rings is 1. The van der Waals surface area contributed by atoms with Crippen molar-refractivity contribution in [2.75, 3.05) is 0 Å². The van der Waals surface area contributed by atoms with Crippen molar-refractivity contribution < 1.29 is 4.79 Å². The summed E-state index contributed by atoms with van der Waals surface area (Å²) >= 11 is 0. The molecule has 0 bridgehead atoms. The molecule has 1 atom stereocenters. The molecule has 1 aromatic heterocycles. The zero-order valence-corrected chi connectivity index (χ0v) is 7.65. The van der Waals surface area contributed by atoms with Crippen LogP contribution in [0.25, 0.3) is 0 Å². The summed E-state index contributed by atoms with van der Waals surface area (Å²) in [4.78, 5) is 15.3. The first kappa shape index (κ1) is 8.48. The zero-order valence-electron chi connectivity index (χ0n) is 7.65. The number of aromatic nitrogens is 2. The van der Waals surface area contributed by atoms with Crippen LogP contribution in [-0.2, 0) is 11.3 Å². The summed E-state index contributed by atoms with van der Waals surface area (Å²) in [5.74, 6) is 0.780. The van der Waals surface area contributed by atoms with E-state index in [2.05, 4.69) is 4.98 Å². The second kappa shape index (κ2) is 3.73. The maximum atomic E-state index is 11.3. The van der Waals surface area contributed by atoms with Gasteiger partial charge in [0.2, 0.25) is 0 Å². The number of hydrogen-bond acceptors (Lipinski definition) is 2. The first-order valence-electron chi connectivity index (χ1n) is 4.85. The summed E-state index contributed by atoms with van der Waals surface area (Å²) in [7, 11) is 0. The van der Waals surface area contributed by atoms with Gasteiger partial charge in [-0.3, -0.25) is 4.79 Å². The molecule has 70 valence electrons. The minimum Gasteiger partial charge on any atom is -0.337 e. The first-order valence-corrected chi connectivity index (χ1v) is 4.85. The van der Waals surface area contributed by atoms with E-state index in [4.69, 9.17) is 0 Å². The standard InChI is InChI=1S/C10H14N2O/c13-10-3-1-2-9(10)4-6-12-7-5-11-8-12/h5,7-9H,1-4,6H2. The average Bonchev–Trinajstić information content (AvgIpc) is 2.72. The lowest BCUT2D eigenvalue weighted by Gasteiger charge is -2.07. The van der Waals surface area contributed by atoms with Gasteiger partial charge in [-0.25, -0.2) is 4.98 Å². The van der Waals surface area contributed by atoms with E-state index in [0.29, 0.717) is 11.7 Å². The Hall–Kier alpha value is -1.12. The molecule has 0 aliphatic heterocycles. The molecule has 3 heteroatoms. The molecule has 0 amide bonds. The molecule has 1 unspecified atom stereocenters. The second-order valence-electron chi connectivity index (χ2n) is 3.64. The molecule has 1 aliphatic rings. The fourth-order valence-corrected chi connectivity index (χ4v) is 1.92. The molecule has 1 saturated carbocycles. The van der Waals surface area contributed by atoms with Crippen molar-refractivity contribution in [3.05, 3.63) is 18.7 Å². The molecule has 0 saturated heterocycles. The largest absolute Gasteiger partial charge is 0.337 e. The lowest BCUT2D eigenvalue weighted by Crippen LogP contribution is -2.09. The Bertz CT molecular complexity index is 279. The predicted octanol–water partition coefficient (Wildman–Crippen LogP) is 1.64. The maximum absolute atomic E-state index is 11.3. The third-order valence-corrected chi connectivity index (χ3v) is 2.73. The molecular weight excluding hydrogens is 164 g/mol. The molecule has 0 aromatic carbocycles. The highest BCUT2D eigenvalue weighted by Gasteiger charge is 2.23. The highest BCUT2D eigenvalue weighted by atomic mass is 16.1. The maximum Gasteiger partial charge on any atom is 0.136 e. The molecule has 13 heavy (non-hydrogen) atoms. The first-order chi connectivity index (χ1) is 6.36. The van der Waals surface area contributed by atoms with Crippen molar-refractivity contribution in [1.29, 1.82) is 0 Å². The lowest BCUT2D eigenvalue weighted by molar-refractivity contribution is -0.120. The number of rotatable bonds is 3. The van der Waals surface area contributed by atoms with Crippen molar-refractivity contribution in [2.45, 2.75) is 32.2 Å². The van der Waals surface area contributed by atoms with Crippen LogP contribution in [0.5, 0.6) is 0 Å². The Morgan fingerprint density at radius 3 is 3.15 bits per heavy atom. The molecule has 1 heterocycles. The van der Waals surface area contributed by atoms with Crippen molar-refractivity contribution >= 4 is 5.78 Å². The van der Waals surface area contributed by atoms with Gasteiger partial charge >= 0.3 is 0 Å². The number of Topliss-reactive ketones (excluding diaryl/α,β-unsaturated/α-hetero) is 1. The zero-order chi connectivity index (χ0) is 9.10. The Morgan fingerprint density at radius 2 is 2.54 bits per heavy atom. The second-order valence-corrected chi connectivity index (χ2v) is 3.64. The van der Waals surface area contributed by atoms with Gasteiger partial charge in [-0.2, -0.15) is 0 Å². The van der Waals surface area contributed by atoms with E-state index >= 15 is 0 Å². The summed E-state index contributed by atoms with van der Waals surface area (Å²) in [5.41, 5.74) is 0. The third-order valence-electron chi connectivity index (χ3n) is 2.73. The SMILES string of the molecule is O=C1CCCC1CCn1ccnc1. The van der Waals surface area contributed by atoms with Gasteiger partial charge in [0.25, 0.3) is 0 Å². The molecule has 3 nitrogen and oxygen atoms in total. The van der Waals surface area contributed by atoms with Gasteiger partial charge < -0.3 is 4.57 Å². The van der Waals surface area contributed by atoms with Gasteiger partial charge in [0.05, 0.1) is 6.33 Å².